The molecular weight excluding hydrogens is 328 g/mol. The van der Waals surface area contributed by atoms with Gasteiger partial charge in [-0.15, -0.1) is 0 Å². The molecular formula is C20H30N4O2. The second-order valence-corrected chi connectivity index (χ2v) is 8.92. The Morgan fingerprint density at radius 3 is 2.69 bits per heavy atom. The third-order valence-corrected chi connectivity index (χ3v) is 6.23. The zero-order valence-corrected chi connectivity index (χ0v) is 16.1. The van der Waals surface area contributed by atoms with Crippen LogP contribution in [-0.4, -0.2) is 45.7 Å². The zero-order valence-electron chi connectivity index (χ0n) is 16.1. The average molecular weight is 358 g/mol. The van der Waals surface area contributed by atoms with Crippen LogP contribution >= 0.6 is 0 Å². The Kier molecular flexibility index (Phi) is 4.63. The van der Waals surface area contributed by atoms with E-state index in [-0.39, 0.29) is 18.1 Å². The number of aromatic nitrogens is 3. The fourth-order valence-electron chi connectivity index (χ4n) is 4.08. The minimum atomic E-state index is -0.0654. The van der Waals surface area contributed by atoms with Crippen molar-refractivity contribution >= 4 is 5.91 Å². The third kappa shape index (κ3) is 3.70. The van der Waals surface area contributed by atoms with Crippen molar-refractivity contribution in [3.05, 3.63) is 23.3 Å². The molecule has 3 aliphatic rings. The highest BCUT2D eigenvalue weighted by molar-refractivity contribution is 5.89. The first-order valence-corrected chi connectivity index (χ1v) is 9.90. The normalized spacial score (nSPS) is 28.4. The van der Waals surface area contributed by atoms with Gasteiger partial charge in [-0.2, -0.15) is 5.10 Å². The second kappa shape index (κ2) is 6.80. The molecule has 26 heavy (non-hydrogen) atoms. The Hall–Kier alpha value is -1.69. The highest BCUT2D eigenvalue weighted by Crippen LogP contribution is 2.40. The predicted octanol–water partition coefficient (Wildman–Crippen LogP) is 3.50. The van der Waals surface area contributed by atoms with E-state index in [0.29, 0.717) is 17.9 Å². The van der Waals surface area contributed by atoms with Gasteiger partial charge < -0.3 is 9.64 Å². The van der Waals surface area contributed by atoms with E-state index in [1.165, 1.54) is 18.4 Å². The van der Waals surface area contributed by atoms with E-state index in [0.717, 1.165) is 43.8 Å². The topological polar surface area (TPSA) is 71.1 Å². The van der Waals surface area contributed by atoms with Gasteiger partial charge >= 0.3 is 0 Å². The first-order chi connectivity index (χ1) is 12.4. The molecule has 3 fully saturated rings. The van der Waals surface area contributed by atoms with Gasteiger partial charge in [-0.1, -0.05) is 19.4 Å². The first-order valence-electron chi connectivity index (χ1n) is 9.90. The Balaban J connectivity index is 1.49. The van der Waals surface area contributed by atoms with E-state index in [1.807, 2.05) is 11.0 Å². The number of aromatic amines is 1. The Bertz CT molecular complexity index is 692. The Morgan fingerprint density at radius 1 is 1.31 bits per heavy atom. The highest BCUT2D eigenvalue weighted by atomic mass is 16.5. The number of amides is 1. The number of rotatable bonds is 4. The summed E-state index contributed by atoms with van der Waals surface area (Å²) >= 11 is 0. The highest BCUT2D eigenvalue weighted by Gasteiger charge is 2.39. The van der Waals surface area contributed by atoms with Crippen LogP contribution in [-0.2, 0) is 9.53 Å². The summed E-state index contributed by atoms with van der Waals surface area (Å²) in [7, 11) is 1.72. The van der Waals surface area contributed by atoms with Crippen LogP contribution in [0, 0.1) is 5.41 Å². The molecule has 4 rings (SSSR count). The second-order valence-electron chi connectivity index (χ2n) is 8.92. The van der Waals surface area contributed by atoms with Gasteiger partial charge in [0.25, 0.3) is 0 Å². The molecule has 0 radical (unpaired) electrons. The lowest BCUT2D eigenvalue weighted by Crippen LogP contribution is -2.31. The van der Waals surface area contributed by atoms with E-state index in [9.17, 15) is 4.79 Å². The molecule has 2 saturated carbocycles. The predicted molar refractivity (Wildman–Crippen MR) is 98.6 cm³/mol. The van der Waals surface area contributed by atoms with Crippen LogP contribution in [0.3, 0.4) is 0 Å². The first kappa shape index (κ1) is 17.7. The largest absolute Gasteiger partial charge is 0.380 e. The molecule has 6 heteroatoms. The lowest BCUT2D eigenvalue weighted by molar-refractivity contribution is -0.127. The van der Waals surface area contributed by atoms with Crippen LogP contribution in [0.2, 0.25) is 0 Å². The van der Waals surface area contributed by atoms with Gasteiger partial charge in [-0.25, -0.2) is 4.98 Å². The molecule has 1 aromatic rings. The van der Waals surface area contributed by atoms with Crippen LogP contribution in [0.4, 0.5) is 0 Å². The van der Waals surface area contributed by atoms with E-state index in [4.69, 9.17) is 4.74 Å². The lowest BCUT2D eigenvalue weighted by atomic mass is 9.75. The molecule has 0 spiro atoms. The van der Waals surface area contributed by atoms with Crippen molar-refractivity contribution in [2.75, 3.05) is 13.7 Å². The lowest BCUT2D eigenvalue weighted by Gasteiger charge is -2.31. The van der Waals surface area contributed by atoms with Crippen LogP contribution in [0.1, 0.15) is 82.4 Å². The van der Waals surface area contributed by atoms with Crippen molar-refractivity contribution in [1.29, 1.82) is 0 Å². The van der Waals surface area contributed by atoms with Crippen molar-refractivity contribution in [2.45, 2.75) is 76.9 Å². The van der Waals surface area contributed by atoms with Crippen molar-refractivity contribution in [3.63, 3.8) is 0 Å². The number of carbonyl (C=O) groups is 1. The quantitative estimate of drug-likeness (QED) is 0.836. The zero-order chi connectivity index (χ0) is 18.3. The van der Waals surface area contributed by atoms with Crippen molar-refractivity contribution < 1.29 is 9.53 Å². The maximum atomic E-state index is 13.0. The molecule has 1 amide bonds. The maximum absolute atomic E-state index is 13.0. The number of allylic oxidation sites excluding steroid dienone is 1. The SMILES string of the molecule is CO[C@@H]1C[C@@H](c2nc(C3CC3)n[nH]2)N(C(=O)C=C2CCC(C)(C)CC2)C1. The monoisotopic (exact) mass is 358 g/mol. The summed E-state index contributed by atoms with van der Waals surface area (Å²) < 4.78 is 5.55. The number of nitrogens with one attached hydrogen (secondary N) is 1. The van der Waals surface area contributed by atoms with Crippen LogP contribution in [0.25, 0.3) is 0 Å². The smallest absolute Gasteiger partial charge is 0.247 e. The summed E-state index contributed by atoms with van der Waals surface area (Å²) in [6.07, 6.45) is 9.42. The fraction of sp³-hybridized carbons (Fsp3) is 0.750. The number of methoxy groups -OCH3 is 1. The number of hydrogen-bond acceptors (Lipinski definition) is 4. The van der Waals surface area contributed by atoms with Crippen molar-refractivity contribution in [2.24, 2.45) is 5.41 Å². The summed E-state index contributed by atoms with van der Waals surface area (Å²) in [5.41, 5.74) is 1.68. The number of ether oxygens (including phenoxy) is 1. The van der Waals surface area contributed by atoms with Crippen molar-refractivity contribution in [1.82, 2.24) is 20.1 Å². The molecule has 142 valence electrons. The molecule has 1 saturated heterocycles. The van der Waals surface area contributed by atoms with Crippen LogP contribution in [0.15, 0.2) is 11.6 Å². The average Bonchev–Trinajstić information content (AvgIpc) is 3.19. The molecule has 2 aliphatic carbocycles. The van der Waals surface area contributed by atoms with Gasteiger partial charge in [-0.3, -0.25) is 9.89 Å². The van der Waals surface area contributed by atoms with Crippen LogP contribution < -0.4 is 0 Å². The van der Waals surface area contributed by atoms with E-state index in [2.05, 4.69) is 29.0 Å². The minimum absolute atomic E-state index is 0.0575. The number of nitrogens with zero attached hydrogens (tertiary/aromatic N) is 3. The van der Waals surface area contributed by atoms with E-state index in [1.54, 1.807) is 7.11 Å². The van der Waals surface area contributed by atoms with Gasteiger partial charge in [0, 0.05) is 32.1 Å². The molecule has 0 bridgehead atoms. The Labute approximate surface area is 155 Å². The standard InChI is InChI=1S/C20H30N4O2/c1-20(2)8-6-13(7-9-20)10-17(25)24-12-15(26-3)11-16(24)19-21-18(22-23-19)14-4-5-14/h10,14-16H,4-9,11-12H2,1-3H3,(H,21,22,23)/t15-,16+/m1/s1. The fourth-order valence-corrected chi connectivity index (χ4v) is 4.08. The van der Waals surface area contributed by atoms with Gasteiger partial charge in [0.05, 0.1) is 12.1 Å². The van der Waals surface area contributed by atoms with Crippen molar-refractivity contribution in [3.8, 4) is 0 Å². The maximum Gasteiger partial charge on any atom is 0.247 e. The number of hydrogen-bond donors (Lipinski definition) is 1. The summed E-state index contributed by atoms with van der Waals surface area (Å²) in [5.74, 6) is 2.31. The van der Waals surface area contributed by atoms with Gasteiger partial charge in [0.2, 0.25) is 5.91 Å². The number of carbonyl (C=O) groups excluding carboxylic acids is 1. The summed E-state index contributed by atoms with van der Waals surface area (Å²) in [5, 5.41) is 7.45. The summed E-state index contributed by atoms with van der Waals surface area (Å²) in [4.78, 5) is 19.6. The van der Waals surface area contributed by atoms with E-state index < -0.39 is 0 Å². The molecule has 1 N–H and O–H groups in total. The minimum Gasteiger partial charge on any atom is -0.380 e. The number of likely N-dealkylation sites (tertiary alicyclic amines) is 1. The third-order valence-electron chi connectivity index (χ3n) is 6.23. The molecule has 0 unspecified atom stereocenters. The van der Waals surface area contributed by atoms with Gasteiger partial charge in [-0.05, 0) is 43.9 Å². The summed E-state index contributed by atoms with van der Waals surface area (Å²) in [6.45, 7) is 5.24. The molecule has 2 heterocycles. The molecule has 1 aliphatic heterocycles. The molecule has 2 atom stereocenters. The van der Waals surface area contributed by atoms with Crippen LogP contribution in [0.5, 0.6) is 0 Å². The van der Waals surface area contributed by atoms with Gasteiger partial charge in [0.15, 0.2) is 5.82 Å². The van der Waals surface area contributed by atoms with Gasteiger partial charge in [0.1, 0.15) is 5.82 Å². The number of H-pyrrole nitrogens is 1. The molecule has 6 nitrogen and oxygen atoms in total. The Morgan fingerprint density at radius 2 is 2.04 bits per heavy atom. The summed E-state index contributed by atoms with van der Waals surface area (Å²) in [6, 6.07) is -0.0654. The molecule has 1 aromatic heterocycles. The van der Waals surface area contributed by atoms with E-state index >= 15 is 0 Å². The molecule has 0 aromatic carbocycles.